The van der Waals surface area contributed by atoms with E-state index in [0.29, 0.717) is 5.56 Å². The van der Waals surface area contributed by atoms with E-state index in [-0.39, 0.29) is 17.7 Å². The zero-order valence-electron chi connectivity index (χ0n) is 11.5. The first kappa shape index (κ1) is 14.4. The molecule has 3 nitrogen and oxygen atoms in total. The van der Waals surface area contributed by atoms with Crippen molar-refractivity contribution in [3.05, 3.63) is 62.7 Å². The largest absolute Gasteiger partial charge is 0.507 e. The molecular weight excluding hydrogens is 377 g/mol. The van der Waals surface area contributed by atoms with E-state index in [1.165, 1.54) is 11.1 Å². The second kappa shape index (κ2) is 6.05. The van der Waals surface area contributed by atoms with Gasteiger partial charge in [-0.2, -0.15) is 0 Å². The summed E-state index contributed by atoms with van der Waals surface area (Å²) in [5.41, 5.74) is 2.84. The highest BCUT2D eigenvalue weighted by atomic mass is 127. The van der Waals surface area contributed by atoms with Crippen LogP contribution in [0.5, 0.6) is 5.75 Å². The monoisotopic (exact) mass is 393 g/mol. The lowest BCUT2D eigenvalue weighted by Crippen LogP contribution is -2.31. The summed E-state index contributed by atoms with van der Waals surface area (Å²) >= 11 is 2.14. The molecule has 1 aliphatic carbocycles. The molecule has 3 rings (SSSR count). The van der Waals surface area contributed by atoms with Gasteiger partial charge in [-0.3, -0.25) is 4.79 Å². The molecule has 1 atom stereocenters. The lowest BCUT2D eigenvalue weighted by atomic mass is 9.87. The third-order valence-corrected chi connectivity index (χ3v) is 4.55. The third-order valence-electron chi connectivity index (χ3n) is 3.88. The van der Waals surface area contributed by atoms with Crippen molar-refractivity contribution in [1.29, 1.82) is 0 Å². The summed E-state index contributed by atoms with van der Waals surface area (Å²) in [7, 11) is 0. The number of rotatable bonds is 2. The third kappa shape index (κ3) is 3.05. The van der Waals surface area contributed by atoms with Gasteiger partial charge in [0.05, 0.1) is 11.6 Å². The van der Waals surface area contributed by atoms with Gasteiger partial charge in [-0.15, -0.1) is 0 Å². The normalized spacial score (nSPS) is 17.1. The number of carbonyl (C=O) groups is 1. The molecule has 2 aromatic rings. The molecule has 4 heteroatoms. The fraction of sp³-hybridized carbons (Fsp3) is 0.235. The molecule has 0 aromatic heterocycles. The van der Waals surface area contributed by atoms with Gasteiger partial charge in [-0.1, -0.05) is 24.3 Å². The molecular formula is C17H16INO2. The van der Waals surface area contributed by atoms with Crippen molar-refractivity contribution in [2.75, 3.05) is 0 Å². The number of amides is 1. The number of carbonyl (C=O) groups excluding carboxylic acids is 1. The maximum absolute atomic E-state index is 12.4. The Bertz CT molecular complexity index is 684. The predicted molar refractivity (Wildman–Crippen MR) is 90.4 cm³/mol. The van der Waals surface area contributed by atoms with Crippen molar-refractivity contribution >= 4 is 28.5 Å². The first-order valence-electron chi connectivity index (χ1n) is 7.02. The minimum atomic E-state index is -0.215. The van der Waals surface area contributed by atoms with Crippen LogP contribution in [0.1, 0.15) is 40.4 Å². The molecule has 2 aromatic carbocycles. The number of fused-ring (bicyclic) bond motifs is 1. The molecule has 0 radical (unpaired) electrons. The summed E-state index contributed by atoms with van der Waals surface area (Å²) < 4.78 is 0.930. The summed E-state index contributed by atoms with van der Waals surface area (Å²) in [4.78, 5) is 12.4. The van der Waals surface area contributed by atoms with Crippen LogP contribution >= 0.6 is 22.6 Å². The molecule has 1 aliphatic rings. The van der Waals surface area contributed by atoms with Gasteiger partial charge in [-0.05, 0) is 71.2 Å². The van der Waals surface area contributed by atoms with Crippen LogP contribution in [-0.2, 0) is 6.42 Å². The number of phenols is 1. The Hall–Kier alpha value is -1.56. The smallest absolute Gasteiger partial charge is 0.255 e. The molecule has 0 saturated heterocycles. The lowest BCUT2D eigenvalue weighted by molar-refractivity contribution is 0.0930. The molecule has 1 unspecified atom stereocenters. The van der Waals surface area contributed by atoms with Crippen molar-refractivity contribution < 1.29 is 9.90 Å². The van der Waals surface area contributed by atoms with Gasteiger partial charge in [0.1, 0.15) is 5.75 Å². The molecule has 0 bridgehead atoms. The highest BCUT2D eigenvalue weighted by Crippen LogP contribution is 2.30. The van der Waals surface area contributed by atoms with E-state index in [9.17, 15) is 9.90 Å². The summed E-state index contributed by atoms with van der Waals surface area (Å²) in [6.45, 7) is 0. The molecule has 0 saturated carbocycles. The van der Waals surface area contributed by atoms with Crippen molar-refractivity contribution in [3.8, 4) is 5.75 Å². The summed E-state index contributed by atoms with van der Waals surface area (Å²) in [6.07, 6.45) is 3.07. The first-order valence-corrected chi connectivity index (χ1v) is 8.10. The quantitative estimate of drug-likeness (QED) is 0.763. The highest BCUT2D eigenvalue weighted by molar-refractivity contribution is 14.1. The Morgan fingerprint density at radius 2 is 2.05 bits per heavy atom. The average Bonchev–Trinajstić information content (AvgIpc) is 2.50. The zero-order valence-corrected chi connectivity index (χ0v) is 13.6. The van der Waals surface area contributed by atoms with Crippen LogP contribution in [-0.4, -0.2) is 11.0 Å². The van der Waals surface area contributed by atoms with Crippen LogP contribution in [0.3, 0.4) is 0 Å². The molecule has 21 heavy (non-hydrogen) atoms. The van der Waals surface area contributed by atoms with E-state index >= 15 is 0 Å². The molecule has 2 N–H and O–H groups in total. The van der Waals surface area contributed by atoms with E-state index in [0.717, 1.165) is 22.8 Å². The Labute approximate surface area is 137 Å². The van der Waals surface area contributed by atoms with E-state index in [1.807, 2.05) is 12.1 Å². The Morgan fingerprint density at radius 1 is 1.24 bits per heavy atom. The number of aromatic hydroxyl groups is 1. The summed E-state index contributed by atoms with van der Waals surface area (Å²) in [5.74, 6) is -0.190. The van der Waals surface area contributed by atoms with Crippen LogP contribution < -0.4 is 5.32 Å². The van der Waals surface area contributed by atoms with Gasteiger partial charge in [0.2, 0.25) is 0 Å². The van der Waals surface area contributed by atoms with Crippen LogP contribution in [0.25, 0.3) is 0 Å². The minimum Gasteiger partial charge on any atom is -0.507 e. The lowest BCUT2D eigenvalue weighted by Gasteiger charge is -2.26. The number of hydrogen-bond donors (Lipinski definition) is 2. The number of nitrogens with one attached hydrogen (secondary N) is 1. The Kier molecular flexibility index (Phi) is 4.14. The Balaban J connectivity index is 1.84. The number of aryl methyl sites for hydroxylation is 1. The first-order chi connectivity index (χ1) is 10.1. The number of halogens is 1. The van der Waals surface area contributed by atoms with E-state index in [1.54, 1.807) is 18.2 Å². The van der Waals surface area contributed by atoms with Crippen LogP contribution in [0.2, 0.25) is 0 Å². The fourth-order valence-electron chi connectivity index (χ4n) is 2.83. The minimum absolute atomic E-state index is 0.0250. The maximum atomic E-state index is 12.4. The van der Waals surface area contributed by atoms with Crippen LogP contribution in [0, 0.1) is 3.57 Å². The highest BCUT2D eigenvalue weighted by Gasteiger charge is 2.22. The molecule has 0 aliphatic heterocycles. The van der Waals surface area contributed by atoms with E-state index in [4.69, 9.17) is 0 Å². The van der Waals surface area contributed by atoms with Gasteiger partial charge in [0, 0.05) is 3.57 Å². The van der Waals surface area contributed by atoms with Gasteiger partial charge < -0.3 is 10.4 Å². The molecule has 108 valence electrons. The number of phenolic OH excluding ortho intramolecular Hbond substituents is 1. The maximum Gasteiger partial charge on any atom is 0.255 e. The number of benzene rings is 2. The van der Waals surface area contributed by atoms with Crippen molar-refractivity contribution in [2.45, 2.75) is 25.3 Å². The second-order valence-corrected chi connectivity index (χ2v) is 6.52. The predicted octanol–water partition coefficient (Wildman–Crippen LogP) is 3.80. The van der Waals surface area contributed by atoms with Gasteiger partial charge in [0.15, 0.2) is 0 Å². The summed E-state index contributed by atoms with van der Waals surface area (Å²) in [5, 5.41) is 12.9. The number of hydrogen-bond acceptors (Lipinski definition) is 2. The van der Waals surface area contributed by atoms with Crippen molar-refractivity contribution in [2.24, 2.45) is 0 Å². The van der Waals surface area contributed by atoms with Crippen molar-refractivity contribution in [3.63, 3.8) is 0 Å². The van der Waals surface area contributed by atoms with E-state index in [2.05, 4.69) is 40.0 Å². The standard InChI is InChI=1S/C17H16INO2/c18-12-8-9-16(20)14(10-12)17(21)19-15-7-3-5-11-4-1-2-6-13(11)15/h1-2,4,6,8-10,15,20H,3,5,7H2,(H,19,21). The second-order valence-electron chi connectivity index (χ2n) is 5.28. The molecule has 0 heterocycles. The molecule has 0 spiro atoms. The zero-order chi connectivity index (χ0) is 14.8. The Morgan fingerprint density at radius 3 is 2.90 bits per heavy atom. The molecule has 0 fully saturated rings. The van der Waals surface area contributed by atoms with E-state index < -0.39 is 0 Å². The SMILES string of the molecule is O=C(NC1CCCc2ccccc21)c1cc(I)ccc1O. The van der Waals surface area contributed by atoms with Gasteiger partial charge in [0.25, 0.3) is 5.91 Å². The summed E-state index contributed by atoms with van der Waals surface area (Å²) in [6, 6.07) is 13.3. The van der Waals surface area contributed by atoms with Crippen LogP contribution in [0.4, 0.5) is 0 Å². The van der Waals surface area contributed by atoms with Gasteiger partial charge in [-0.25, -0.2) is 0 Å². The topological polar surface area (TPSA) is 49.3 Å². The average molecular weight is 393 g/mol. The van der Waals surface area contributed by atoms with Crippen molar-refractivity contribution in [1.82, 2.24) is 5.32 Å². The molecule has 1 amide bonds. The van der Waals surface area contributed by atoms with Gasteiger partial charge >= 0.3 is 0 Å². The van der Waals surface area contributed by atoms with Crippen LogP contribution in [0.15, 0.2) is 42.5 Å². The fourth-order valence-corrected chi connectivity index (χ4v) is 3.32.